The molecule has 1 radical (unpaired) electrons. The number of rotatable bonds is 30. The second-order valence-corrected chi connectivity index (χ2v) is 33.5. The number of unbranched alkanes of at least 4 members (excludes halogenated alkanes) is 9. The normalized spacial score (nSPS) is 17.2. The Morgan fingerprint density at radius 3 is 0.491 bits per heavy atom. The third kappa shape index (κ3) is 21.5. The van der Waals surface area contributed by atoms with Crippen LogP contribution in [0.2, 0.25) is 54.4 Å². The summed E-state index contributed by atoms with van der Waals surface area (Å²) >= 11 is 0. The van der Waals surface area contributed by atoms with Crippen molar-refractivity contribution in [3.63, 3.8) is 0 Å². The van der Waals surface area contributed by atoms with Gasteiger partial charge in [0.15, 0.2) is 0 Å². The molecular formula is C51H105CrSi3. The van der Waals surface area contributed by atoms with Crippen molar-refractivity contribution in [3.8, 4) is 0 Å². The van der Waals surface area contributed by atoms with Gasteiger partial charge >= 0.3 is 17.4 Å². The molecule has 55 heavy (non-hydrogen) atoms. The fraction of sp³-hybridized carbons (Fsp3) is 0.941. The van der Waals surface area contributed by atoms with E-state index in [0.717, 1.165) is 0 Å². The topological polar surface area (TPSA) is 0 Å². The molecule has 0 heterocycles. The van der Waals surface area contributed by atoms with Gasteiger partial charge in [-0.15, -0.1) is 0 Å². The zero-order valence-electron chi connectivity index (χ0n) is 40.0. The molecule has 0 spiro atoms. The minimum atomic E-state index is -1.01. The van der Waals surface area contributed by atoms with Gasteiger partial charge in [-0.1, -0.05) is 295 Å². The van der Waals surface area contributed by atoms with E-state index in [1.165, 1.54) is 193 Å². The van der Waals surface area contributed by atoms with Crippen LogP contribution in [0.15, 0.2) is 0 Å². The summed E-state index contributed by atoms with van der Waals surface area (Å²) in [6.45, 7) is 21.4. The van der Waals surface area contributed by atoms with Gasteiger partial charge in [-0.05, 0) is 0 Å². The Morgan fingerprint density at radius 2 is 0.382 bits per heavy atom. The largest absolute Gasteiger partial charge is 3.00 e. The van der Waals surface area contributed by atoms with Crippen LogP contribution >= 0.6 is 0 Å². The molecule has 0 nitrogen and oxygen atoms in total. The van der Waals surface area contributed by atoms with Gasteiger partial charge in [-0.2, -0.15) is 38.5 Å². The molecular weight excluding hydrogens is 749 g/mol. The molecule has 0 aromatic heterocycles. The van der Waals surface area contributed by atoms with Crippen LogP contribution < -0.4 is 0 Å². The molecule has 327 valence electrons. The van der Waals surface area contributed by atoms with Crippen LogP contribution in [0.3, 0.4) is 0 Å². The summed E-state index contributed by atoms with van der Waals surface area (Å²) in [5, 5.41) is 0. The Kier molecular flexibility index (Phi) is 36.7. The summed E-state index contributed by atoms with van der Waals surface area (Å²) in [5.41, 5.74) is 6.33. The molecule has 0 amide bonds. The standard InChI is InChI=1S/3C17H35Si.Cr/c3*1-4-7-14-18(15-8-5-2,16-9-6-3)17-12-10-11-13-17;/h3*4-16H2,1-3H3;/q3*-1;+3. The van der Waals surface area contributed by atoms with E-state index in [0.29, 0.717) is 0 Å². The second kappa shape index (κ2) is 35.9. The molecule has 0 aromatic carbocycles. The molecule has 0 bridgehead atoms. The summed E-state index contributed by atoms with van der Waals surface area (Å²) in [5.74, 6) is 0. The molecule has 0 N–H and O–H groups in total. The van der Waals surface area contributed by atoms with Gasteiger partial charge < -0.3 is 16.6 Å². The first-order chi connectivity index (χ1) is 26.4. The minimum Gasteiger partial charge on any atom is -0.312 e. The first-order valence-electron chi connectivity index (χ1n) is 25.9. The zero-order chi connectivity index (χ0) is 39.8. The van der Waals surface area contributed by atoms with E-state index in [9.17, 15) is 0 Å². The van der Waals surface area contributed by atoms with E-state index in [4.69, 9.17) is 0 Å². The van der Waals surface area contributed by atoms with Gasteiger partial charge in [0.05, 0.1) is 0 Å². The molecule has 4 heteroatoms. The molecule has 0 aliphatic heterocycles. The van der Waals surface area contributed by atoms with E-state index in [1.54, 1.807) is 54.4 Å². The maximum absolute atomic E-state index is 2.37. The number of hydrogen-bond donors (Lipinski definition) is 0. The molecule has 3 rings (SSSR count). The average molecular weight is 855 g/mol. The minimum absolute atomic E-state index is 0. The fourth-order valence-corrected chi connectivity index (χ4v) is 30.3. The van der Waals surface area contributed by atoms with Crippen molar-refractivity contribution in [1.29, 1.82) is 0 Å². The summed E-state index contributed by atoms with van der Waals surface area (Å²) < 4.78 is 0. The molecule has 3 aliphatic carbocycles. The van der Waals surface area contributed by atoms with E-state index < -0.39 is 24.2 Å². The van der Waals surface area contributed by atoms with Gasteiger partial charge in [0, 0.05) is 0 Å². The van der Waals surface area contributed by atoms with Gasteiger partial charge in [0.25, 0.3) is 0 Å². The summed E-state index contributed by atoms with van der Waals surface area (Å²) in [6.07, 6.45) is 44.3. The summed E-state index contributed by atoms with van der Waals surface area (Å²) in [7, 11) is -3.03. The van der Waals surface area contributed by atoms with Crippen LogP contribution in [-0.2, 0) is 17.4 Å². The Balaban J connectivity index is 0.000000788. The van der Waals surface area contributed by atoms with Gasteiger partial charge in [0.1, 0.15) is 0 Å². The summed E-state index contributed by atoms with van der Waals surface area (Å²) in [4.78, 5) is 0. The van der Waals surface area contributed by atoms with Crippen LogP contribution in [0, 0.1) is 16.6 Å². The maximum Gasteiger partial charge on any atom is 3.00 e. The zero-order valence-corrected chi connectivity index (χ0v) is 44.3. The fourth-order valence-electron chi connectivity index (χ4n) is 11.3. The maximum atomic E-state index is 2.37. The van der Waals surface area contributed by atoms with Crippen LogP contribution in [0.25, 0.3) is 0 Å². The van der Waals surface area contributed by atoms with Crippen molar-refractivity contribution < 1.29 is 17.4 Å². The smallest absolute Gasteiger partial charge is 0.312 e. The molecule has 0 atom stereocenters. The van der Waals surface area contributed by atoms with Crippen molar-refractivity contribution in [3.05, 3.63) is 16.6 Å². The molecule has 3 fully saturated rings. The Morgan fingerprint density at radius 1 is 0.255 bits per heavy atom. The van der Waals surface area contributed by atoms with Crippen molar-refractivity contribution in [2.45, 2.75) is 309 Å². The van der Waals surface area contributed by atoms with Crippen LogP contribution in [0.4, 0.5) is 0 Å². The Bertz CT molecular complexity index is 628. The van der Waals surface area contributed by atoms with E-state index in [-0.39, 0.29) is 17.4 Å². The Labute approximate surface area is 365 Å². The van der Waals surface area contributed by atoms with Crippen molar-refractivity contribution in [2.24, 2.45) is 0 Å². The predicted octanol–water partition coefficient (Wildman–Crippen LogP) is 19.6. The Hall–Kier alpha value is 1.18. The first-order valence-corrected chi connectivity index (χ1v) is 33.8. The van der Waals surface area contributed by atoms with Crippen molar-refractivity contribution >= 4 is 24.2 Å². The number of hydrogen-bond acceptors (Lipinski definition) is 0. The molecule has 0 unspecified atom stereocenters. The van der Waals surface area contributed by atoms with Gasteiger partial charge in [-0.3, -0.25) is 0 Å². The molecule has 3 saturated carbocycles. The van der Waals surface area contributed by atoms with Crippen LogP contribution in [0.5, 0.6) is 0 Å². The second-order valence-electron chi connectivity index (χ2n) is 19.2. The molecule has 0 saturated heterocycles. The van der Waals surface area contributed by atoms with E-state index >= 15 is 0 Å². The van der Waals surface area contributed by atoms with Crippen LogP contribution in [-0.4, -0.2) is 24.2 Å². The monoisotopic (exact) mass is 854 g/mol. The summed E-state index contributed by atoms with van der Waals surface area (Å²) in [6, 6.07) is 14.6. The van der Waals surface area contributed by atoms with E-state index in [1.807, 2.05) is 0 Å². The SMILES string of the molecule is CCCC[Si](CCCC)(CCCC)[C-]1CCCC1.CCCC[Si](CCCC)(CCCC)[C-]1CCCC1.CCCC[Si](CCCC)(CCCC)[C-]1CCCC1.[Cr+3]. The first kappa shape index (κ1) is 56.2. The molecule has 0 aromatic rings. The molecule has 3 aliphatic rings. The van der Waals surface area contributed by atoms with Crippen LogP contribution in [0.1, 0.15) is 255 Å². The van der Waals surface area contributed by atoms with Gasteiger partial charge in [-0.25, -0.2) is 0 Å². The van der Waals surface area contributed by atoms with E-state index in [2.05, 4.69) is 78.9 Å². The third-order valence-corrected chi connectivity index (χ3v) is 32.7. The quantitative estimate of drug-likeness (QED) is 0.0499. The average Bonchev–Trinajstić information content (AvgIpc) is 4.04. The van der Waals surface area contributed by atoms with Crippen molar-refractivity contribution in [2.75, 3.05) is 0 Å². The predicted molar refractivity (Wildman–Crippen MR) is 260 cm³/mol. The third-order valence-electron chi connectivity index (χ3n) is 15.0. The van der Waals surface area contributed by atoms with Gasteiger partial charge in [0.2, 0.25) is 0 Å². The van der Waals surface area contributed by atoms with Crippen molar-refractivity contribution in [1.82, 2.24) is 0 Å².